The second-order valence-corrected chi connectivity index (χ2v) is 14.8. The summed E-state index contributed by atoms with van der Waals surface area (Å²) >= 11 is 0. The summed E-state index contributed by atoms with van der Waals surface area (Å²) in [5.74, 6) is -0.0454. The zero-order chi connectivity index (χ0) is 39.9. The van der Waals surface area contributed by atoms with E-state index in [0.29, 0.717) is 31.2 Å². The van der Waals surface area contributed by atoms with Gasteiger partial charge in [0.05, 0.1) is 43.3 Å². The number of hydrogen-bond acceptors (Lipinski definition) is 11. The van der Waals surface area contributed by atoms with Crippen LogP contribution < -0.4 is 5.73 Å². The van der Waals surface area contributed by atoms with Gasteiger partial charge in [-0.15, -0.1) is 0 Å². The molecule has 306 valence electrons. The van der Waals surface area contributed by atoms with Gasteiger partial charge in [-0.2, -0.15) is 10.4 Å². The molecule has 3 atom stereocenters. The van der Waals surface area contributed by atoms with Crippen LogP contribution in [0, 0.1) is 29.0 Å². The summed E-state index contributed by atoms with van der Waals surface area (Å²) in [5, 5.41) is 27.8. The second kappa shape index (κ2) is 30.9. The molecule has 1 saturated heterocycles. The van der Waals surface area contributed by atoms with Gasteiger partial charge in [0.25, 0.3) is 0 Å². The lowest BCUT2D eigenvalue weighted by Gasteiger charge is -2.16. The maximum atomic E-state index is 12.5. The topological polar surface area (TPSA) is 181 Å². The van der Waals surface area contributed by atoms with Gasteiger partial charge in [0.1, 0.15) is 23.8 Å². The zero-order valence-corrected chi connectivity index (χ0v) is 33.7. The molecule has 12 nitrogen and oxygen atoms in total. The van der Waals surface area contributed by atoms with E-state index in [4.69, 9.17) is 39.9 Å². The van der Waals surface area contributed by atoms with Crippen LogP contribution in [-0.2, 0) is 25.1 Å². The van der Waals surface area contributed by atoms with Gasteiger partial charge < -0.3 is 34.3 Å². The fraction of sp³-hybridized carbons (Fsp3) is 0.659. The van der Waals surface area contributed by atoms with E-state index >= 15 is 0 Å². The normalized spacial score (nSPS) is 15.5. The van der Waals surface area contributed by atoms with Gasteiger partial charge in [-0.05, 0) is 61.6 Å². The third-order valence-electron chi connectivity index (χ3n) is 9.37. The summed E-state index contributed by atoms with van der Waals surface area (Å²) in [6.07, 6.45) is 25.7. The Hall–Kier alpha value is -3.26. The first kappa shape index (κ1) is 47.9. The molecular formula is C41H64FN6O6P. The third kappa shape index (κ3) is 20.5. The Kier molecular flexibility index (Phi) is 26.9. The van der Waals surface area contributed by atoms with Crippen LogP contribution in [0.3, 0.4) is 0 Å². The fourth-order valence-electron chi connectivity index (χ4n) is 6.41. The van der Waals surface area contributed by atoms with Crippen LogP contribution >= 0.6 is 8.60 Å². The summed E-state index contributed by atoms with van der Waals surface area (Å²) in [6.45, 7) is 7.72. The standard InChI is InChI=1S/C32H57N4O5P.C8H6FNO.CHN/c1-2-3-4-5-6-7-8-9-10-11-12-13-14-15-16-17-23-38-24-18-25-39-42(37)40-26-28-19-22-31(41-28)29-20-21-30-32(33)34-27-35-36(29)30;9-8-2-6(4-10)1-7(3-8)5-11;1-2/h20-21,27-28,31,37H,2-19,22-26H2,1H3,(H2,33,34,35);1-3,11H,5H2;1H. The molecule has 1 aliphatic heterocycles. The molecule has 55 heavy (non-hydrogen) atoms. The van der Waals surface area contributed by atoms with E-state index in [9.17, 15) is 9.28 Å². The molecular weight excluding hydrogens is 722 g/mol. The highest BCUT2D eigenvalue weighted by molar-refractivity contribution is 7.40. The van der Waals surface area contributed by atoms with Crippen molar-refractivity contribution in [2.45, 2.75) is 148 Å². The molecule has 1 aliphatic rings. The minimum atomic E-state index is -1.91. The fourth-order valence-corrected chi connectivity index (χ4v) is 7.06. The maximum Gasteiger partial charge on any atom is 0.329 e. The lowest BCUT2D eigenvalue weighted by Crippen LogP contribution is -2.14. The first-order chi connectivity index (χ1) is 26.9. The highest BCUT2D eigenvalue weighted by Crippen LogP contribution is 2.38. The second-order valence-electron chi connectivity index (χ2n) is 13.8. The quantitative estimate of drug-likeness (QED) is 0.0494. The number of halogens is 1. The van der Waals surface area contributed by atoms with Crippen LogP contribution in [0.5, 0.6) is 0 Å². The van der Waals surface area contributed by atoms with Crippen molar-refractivity contribution < 1.29 is 32.9 Å². The maximum absolute atomic E-state index is 12.5. The molecule has 4 N–H and O–H groups in total. The molecule has 3 heterocycles. The number of unbranched alkanes of at least 4 members (excludes halogenated alkanes) is 15. The van der Waals surface area contributed by atoms with Gasteiger partial charge in [-0.3, -0.25) is 0 Å². The number of fused-ring (bicyclic) bond motifs is 1. The molecule has 4 rings (SSSR count). The van der Waals surface area contributed by atoms with Crippen molar-refractivity contribution in [1.29, 1.82) is 10.5 Å². The van der Waals surface area contributed by atoms with Crippen LogP contribution in [0.2, 0.25) is 0 Å². The molecule has 0 bridgehead atoms. The van der Waals surface area contributed by atoms with E-state index in [1.807, 2.05) is 12.1 Å². The number of aromatic nitrogens is 3. The summed E-state index contributed by atoms with van der Waals surface area (Å²) < 4.78 is 37.1. The number of nitrogens with zero attached hydrogens (tertiary/aromatic N) is 5. The van der Waals surface area contributed by atoms with E-state index in [1.165, 1.54) is 115 Å². The first-order valence-electron chi connectivity index (χ1n) is 20.1. The van der Waals surface area contributed by atoms with Gasteiger partial charge in [0.15, 0.2) is 5.82 Å². The average molecular weight is 787 g/mol. The zero-order valence-electron chi connectivity index (χ0n) is 32.8. The van der Waals surface area contributed by atoms with Crippen LogP contribution in [0.1, 0.15) is 152 Å². The molecule has 1 fully saturated rings. The highest BCUT2D eigenvalue weighted by Gasteiger charge is 2.30. The molecule has 14 heteroatoms. The number of aliphatic hydroxyl groups excluding tert-OH is 1. The molecule has 0 amide bonds. The Morgan fingerprint density at radius 2 is 1.51 bits per heavy atom. The smallest absolute Gasteiger partial charge is 0.329 e. The van der Waals surface area contributed by atoms with Crippen LogP contribution in [-0.4, -0.2) is 57.1 Å². The van der Waals surface area contributed by atoms with Crippen LogP contribution in [0.25, 0.3) is 5.52 Å². The van der Waals surface area contributed by atoms with E-state index in [2.05, 4.69) is 23.6 Å². The van der Waals surface area contributed by atoms with Crippen molar-refractivity contribution in [1.82, 2.24) is 14.6 Å². The highest BCUT2D eigenvalue weighted by atomic mass is 31.2. The number of hydrogen-bond donors (Lipinski definition) is 3. The minimum absolute atomic E-state index is 0.0900. The predicted octanol–water partition coefficient (Wildman–Crippen LogP) is 9.78. The minimum Gasteiger partial charge on any atom is -0.392 e. The molecule has 3 unspecified atom stereocenters. The number of ether oxygens (including phenoxy) is 2. The van der Waals surface area contributed by atoms with Gasteiger partial charge in [-0.25, -0.2) is 19.2 Å². The van der Waals surface area contributed by atoms with Crippen molar-refractivity contribution in [2.75, 3.05) is 32.2 Å². The summed E-state index contributed by atoms with van der Waals surface area (Å²) in [4.78, 5) is 14.1. The molecule has 0 saturated carbocycles. The third-order valence-corrected chi connectivity index (χ3v) is 10.1. The summed E-state index contributed by atoms with van der Waals surface area (Å²) in [5.41, 5.74) is 8.30. The van der Waals surface area contributed by atoms with Gasteiger partial charge in [0, 0.05) is 19.8 Å². The summed E-state index contributed by atoms with van der Waals surface area (Å²) in [6, 6.07) is 9.44. The molecule has 3 aromatic rings. The van der Waals surface area contributed by atoms with E-state index in [-0.39, 0.29) is 24.4 Å². The lowest BCUT2D eigenvalue weighted by molar-refractivity contribution is 0.00993. The number of nitrogen functional groups attached to an aromatic ring is 1. The number of rotatable bonds is 27. The largest absolute Gasteiger partial charge is 0.392 e. The molecule has 0 radical (unpaired) electrons. The van der Waals surface area contributed by atoms with Crippen molar-refractivity contribution >= 4 is 19.9 Å². The van der Waals surface area contributed by atoms with Crippen molar-refractivity contribution in [3.63, 3.8) is 0 Å². The number of aliphatic hydroxyl groups is 1. The Morgan fingerprint density at radius 3 is 2.13 bits per heavy atom. The average Bonchev–Trinajstić information content (AvgIpc) is 3.86. The molecule has 2 aromatic heterocycles. The van der Waals surface area contributed by atoms with Crippen molar-refractivity contribution in [3.05, 3.63) is 59.3 Å². The number of anilines is 1. The van der Waals surface area contributed by atoms with Gasteiger partial charge in [-0.1, -0.05) is 103 Å². The molecule has 0 aliphatic carbocycles. The molecule has 1 aromatic carbocycles. The Morgan fingerprint density at radius 1 is 0.891 bits per heavy atom. The van der Waals surface area contributed by atoms with Crippen molar-refractivity contribution in [2.24, 2.45) is 0 Å². The number of benzene rings is 1. The van der Waals surface area contributed by atoms with Crippen molar-refractivity contribution in [3.8, 4) is 12.6 Å². The monoisotopic (exact) mass is 786 g/mol. The van der Waals surface area contributed by atoms with Crippen LogP contribution in [0.15, 0.2) is 36.7 Å². The Labute approximate surface area is 329 Å². The van der Waals surface area contributed by atoms with E-state index in [1.54, 1.807) is 10.6 Å². The SMILES string of the molecule is C#N.CCCCCCCCCCCCCCCCCCOCCCOP(O)OCC1CCC(c2ccc3c(N)ncnn23)O1.N#Cc1cc(F)cc(CO)c1. The predicted molar refractivity (Wildman–Crippen MR) is 214 cm³/mol. The number of nitrogens with two attached hydrogens (primary N) is 1. The Bertz CT molecular complexity index is 1490. The number of nitriles is 2. The Balaban J connectivity index is 0.000000682. The summed E-state index contributed by atoms with van der Waals surface area (Å²) in [7, 11) is -1.91. The van der Waals surface area contributed by atoms with Gasteiger partial charge in [0.2, 0.25) is 0 Å². The van der Waals surface area contributed by atoms with Crippen LogP contribution in [0.4, 0.5) is 10.2 Å². The van der Waals surface area contributed by atoms with Gasteiger partial charge >= 0.3 is 8.60 Å². The molecule has 0 spiro atoms. The lowest BCUT2D eigenvalue weighted by atomic mass is 10.0. The first-order valence-corrected chi connectivity index (χ1v) is 21.2. The van der Waals surface area contributed by atoms with E-state index < -0.39 is 14.4 Å². The van der Waals surface area contributed by atoms with E-state index in [0.717, 1.165) is 49.6 Å².